The smallest absolute Gasteiger partial charge is 0.368 e. The molecule has 0 aliphatic heterocycles. The molecule has 0 spiro atoms. The summed E-state index contributed by atoms with van der Waals surface area (Å²) in [6, 6.07) is 8.36. The van der Waals surface area contributed by atoms with Gasteiger partial charge in [-0.2, -0.15) is 18.3 Å². The number of halogens is 4. The zero-order valence-corrected chi connectivity index (χ0v) is 17.9. The molecule has 4 heterocycles. The third kappa shape index (κ3) is 4.20. The van der Waals surface area contributed by atoms with E-state index >= 15 is 0 Å². The van der Waals surface area contributed by atoms with Gasteiger partial charge >= 0.3 is 6.18 Å². The number of amides is 1. The highest BCUT2D eigenvalue weighted by molar-refractivity contribution is 6.32. The van der Waals surface area contributed by atoms with E-state index in [1.807, 2.05) is 0 Å². The minimum absolute atomic E-state index is 0.0507. The second-order valence-corrected chi connectivity index (χ2v) is 8.33. The fourth-order valence-corrected chi connectivity index (χ4v) is 4.37. The molecule has 0 radical (unpaired) electrons. The molecule has 0 bridgehead atoms. The standard InChI is InChI=1S/C21H19ClF3N7O/c22-19-18(30-17-5-2-10-26-32(17)19)20(33)28-13-8-6-12(7-9-13)27-15-3-1-4-16-29-14(11-31(15)16)21(23,24)25/h1-5,10-13,27H,6-9H2,(H,28,33). The molecule has 0 unspecified atom stereocenters. The van der Waals surface area contributed by atoms with Crippen LogP contribution < -0.4 is 10.6 Å². The predicted molar refractivity (Wildman–Crippen MR) is 115 cm³/mol. The van der Waals surface area contributed by atoms with Gasteiger partial charge in [0.25, 0.3) is 5.91 Å². The molecule has 8 nitrogen and oxygen atoms in total. The third-order valence-electron chi connectivity index (χ3n) is 5.75. The van der Waals surface area contributed by atoms with Crippen LogP contribution in [-0.4, -0.2) is 42.0 Å². The largest absolute Gasteiger partial charge is 0.434 e. The van der Waals surface area contributed by atoms with Gasteiger partial charge < -0.3 is 10.6 Å². The zero-order chi connectivity index (χ0) is 23.2. The lowest BCUT2D eigenvalue weighted by atomic mass is 9.91. The second kappa shape index (κ2) is 8.22. The van der Waals surface area contributed by atoms with Gasteiger partial charge in [0.1, 0.15) is 11.5 Å². The summed E-state index contributed by atoms with van der Waals surface area (Å²) >= 11 is 6.25. The fourth-order valence-electron chi connectivity index (χ4n) is 4.12. The number of nitrogens with one attached hydrogen (secondary N) is 2. The van der Waals surface area contributed by atoms with E-state index in [0.717, 1.165) is 19.0 Å². The SMILES string of the molecule is O=C(NC1CCC(Nc2cccc3nc(C(F)(F)F)cn23)CC1)c1nc2cccnn2c1Cl. The van der Waals surface area contributed by atoms with Crippen molar-refractivity contribution in [2.75, 3.05) is 5.32 Å². The van der Waals surface area contributed by atoms with Crippen LogP contribution in [0.3, 0.4) is 0 Å². The lowest BCUT2D eigenvalue weighted by molar-refractivity contribution is -0.140. The first-order chi connectivity index (χ1) is 15.8. The molecule has 4 aromatic rings. The van der Waals surface area contributed by atoms with Crippen molar-refractivity contribution in [2.24, 2.45) is 0 Å². The van der Waals surface area contributed by atoms with E-state index in [2.05, 4.69) is 25.7 Å². The van der Waals surface area contributed by atoms with E-state index in [1.165, 1.54) is 15.0 Å². The summed E-state index contributed by atoms with van der Waals surface area (Å²) in [5.74, 6) is 0.191. The number of anilines is 1. The molecule has 2 N–H and O–H groups in total. The first-order valence-corrected chi connectivity index (χ1v) is 10.8. The first-order valence-electron chi connectivity index (χ1n) is 10.4. The van der Waals surface area contributed by atoms with Crippen LogP contribution in [0.25, 0.3) is 11.3 Å². The molecule has 1 amide bonds. The van der Waals surface area contributed by atoms with Crippen LogP contribution in [0.15, 0.2) is 42.7 Å². The van der Waals surface area contributed by atoms with E-state index < -0.39 is 11.9 Å². The molecule has 0 aromatic carbocycles. The number of fused-ring (bicyclic) bond motifs is 2. The zero-order valence-electron chi connectivity index (χ0n) is 17.2. The number of pyridine rings is 1. The average molecular weight is 478 g/mol. The van der Waals surface area contributed by atoms with Crippen LogP contribution in [-0.2, 0) is 6.18 Å². The molecule has 12 heteroatoms. The Morgan fingerprint density at radius 1 is 1.03 bits per heavy atom. The highest BCUT2D eigenvalue weighted by Gasteiger charge is 2.34. The molecular weight excluding hydrogens is 459 g/mol. The highest BCUT2D eigenvalue weighted by Crippen LogP contribution is 2.30. The van der Waals surface area contributed by atoms with Crippen molar-refractivity contribution < 1.29 is 18.0 Å². The van der Waals surface area contributed by atoms with Gasteiger partial charge in [-0.05, 0) is 49.9 Å². The van der Waals surface area contributed by atoms with Crippen molar-refractivity contribution in [2.45, 2.75) is 43.9 Å². The predicted octanol–water partition coefficient (Wildman–Crippen LogP) is 4.20. The Hall–Kier alpha value is -3.34. The van der Waals surface area contributed by atoms with Crippen molar-refractivity contribution in [3.8, 4) is 0 Å². The maximum Gasteiger partial charge on any atom is 0.434 e. The van der Waals surface area contributed by atoms with E-state index in [-0.39, 0.29) is 34.5 Å². The quantitative estimate of drug-likeness (QED) is 0.460. The van der Waals surface area contributed by atoms with E-state index in [1.54, 1.807) is 30.5 Å². The van der Waals surface area contributed by atoms with Crippen LogP contribution in [0, 0.1) is 0 Å². The van der Waals surface area contributed by atoms with E-state index in [4.69, 9.17) is 11.6 Å². The van der Waals surface area contributed by atoms with Crippen LogP contribution in [0.5, 0.6) is 0 Å². The van der Waals surface area contributed by atoms with E-state index in [0.29, 0.717) is 24.3 Å². The molecule has 5 rings (SSSR count). The van der Waals surface area contributed by atoms with Crippen molar-refractivity contribution in [3.63, 3.8) is 0 Å². The molecule has 1 aliphatic carbocycles. The molecule has 1 fully saturated rings. The molecule has 0 saturated heterocycles. The van der Waals surface area contributed by atoms with Gasteiger partial charge in [0.2, 0.25) is 0 Å². The fraction of sp³-hybridized carbons (Fsp3) is 0.333. The molecule has 33 heavy (non-hydrogen) atoms. The maximum atomic E-state index is 13.0. The minimum atomic E-state index is -4.50. The summed E-state index contributed by atoms with van der Waals surface area (Å²) in [5.41, 5.74) is -0.0816. The monoisotopic (exact) mass is 477 g/mol. The topological polar surface area (TPSA) is 88.6 Å². The van der Waals surface area contributed by atoms with Crippen molar-refractivity contribution in [1.29, 1.82) is 0 Å². The molecule has 172 valence electrons. The average Bonchev–Trinajstić information content (AvgIpc) is 3.38. The Labute approximate surface area is 190 Å². The Morgan fingerprint density at radius 2 is 1.76 bits per heavy atom. The third-order valence-corrected chi connectivity index (χ3v) is 6.09. The van der Waals surface area contributed by atoms with Crippen LogP contribution >= 0.6 is 11.6 Å². The Bertz CT molecular complexity index is 1320. The molecular formula is C21H19ClF3N7O. The van der Waals surface area contributed by atoms with Gasteiger partial charge in [0.05, 0.1) is 0 Å². The van der Waals surface area contributed by atoms with E-state index in [9.17, 15) is 18.0 Å². The minimum Gasteiger partial charge on any atom is -0.368 e. The van der Waals surface area contributed by atoms with Gasteiger partial charge in [-0.15, -0.1) is 0 Å². The van der Waals surface area contributed by atoms with Crippen LogP contribution in [0.2, 0.25) is 5.15 Å². The molecule has 4 aromatic heterocycles. The lowest BCUT2D eigenvalue weighted by Gasteiger charge is -2.30. The normalized spacial score (nSPS) is 19.2. The van der Waals surface area contributed by atoms with Crippen LogP contribution in [0.1, 0.15) is 41.9 Å². The number of carbonyl (C=O) groups excluding carboxylic acids is 1. The summed E-state index contributed by atoms with van der Waals surface area (Å²) in [6.45, 7) is 0. The highest BCUT2D eigenvalue weighted by atomic mass is 35.5. The van der Waals surface area contributed by atoms with Crippen molar-refractivity contribution in [3.05, 3.63) is 59.3 Å². The summed E-state index contributed by atoms with van der Waals surface area (Å²) in [6.07, 6.45) is 0.951. The van der Waals surface area contributed by atoms with Gasteiger partial charge in [0, 0.05) is 24.5 Å². The number of nitrogens with zero attached hydrogens (tertiary/aromatic N) is 5. The second-order valence-electron chi connectivity index (χ2n) is 7.97. The van der Waals surface area contributed by atoms with Crippen molar-refractivity contribution >= 4 is 34.6 Å². The van der Waals surface area contributed by atoms with Gasteiger partial charge in [0.15, 0.2) is 22.2 Å². The Morgan fingerprint density at radius 3 is 2.48 bits per heavy atom. The van der Waals surface area contributed by atoms with Gasteiger partial charge in [-0.1, -0.05) is 17.7 Å². The number of hydrogen-bond donors (Lipinski definition) is 2. The van der Waals surface area contributed by atoms with Crippen molar-refractivity contribution in [1.82, 2.24) is 29.3 Å². The summed E-state index contributed by atoms with van der Waals surface area (Å²) in [7, 11) is 0. The number of hydrogen-bond acceptors (Lipinski definition) is 5. The summed E-state index contributed by atoms with van der Waals surface area (Å²) < 4.78 is 41.9. The summed E-state index contributed by atoms with van der Waals surface area (Å²) in [5, 5.41) is 10.5. The molecule has 1 aliphatic rings. The maximum absolute atomic E-state index is 13.0. The van der Waals surface area contributed by atoms with Crippen LogP contribution in [0.4, 0.5) is 19.0 Å². The Balaban J connectivity index is 1.22. The number of imidazole rings is 2. The lowest BCUT2D eigenvalue weighted by Crippen LogP contribution is -2.40. The Kier molecular flexibility index (Phi) is 5.35. The number of carbonyl (C=O) groups is 1. The van der Waals surface area contributed by atoms with Gasteiger partial charge in [-0.25, -0.2) is 14.5 Å². The molecule has 0 atom stereocenters. The number of aromatic nitrogens is 5. The van der Waals surface area contributed by atoms with Gasteiger partial charge in [-0.3, -0.25) is 9.20 Å². The first kappa shape index (κ1) is 21.5. The number of rotatable bonds is 4. The number of alkyl halides is 3. The summed E-state index contributed by atoms with van der Waals surface area (Å²) in [4.78, 5) is 20.6. The molecule has 1 saturated carbocycles.